The smallest absolute Gasteiger partial charge is 0.390 e. The van der Waals surface area contributed by atoms with Crippen molar-refractivity contribution in [2.75, 3.05) is 0 Å². The molecule has 0 aliphatic heterocycles. The topological polar surface area (TPSA) is 109 Å². The van der Waals surface area contributed by atoms with Crippen molar-refractivity contribution in [3.8, 4) is 0 Å². The maximum Gasteiger partial charge on any atom is 0.437 e. The quantitative estimate of drug-likeness (QED) is 0.502. The highest BCUT2D eigenvalue weighted by Gasteiger charge is 2.13. The lowest BCUT2D eigenvalue weighted by Crippen LogP contribution is -2.22. The van der Waals surface area contributed by atoms with E-state index in [9.17, 15) is 9.59 Å². The van der Waals surface area contributed by atoms with Gasteiger partial charge in [0.2, 0.25) is 5.89 Å². The zero-order valence-corrected chi connectivity index (χ0v) is 15.6. The van der Waals surface area contributed by atoms with Crippen molar-refractivity contribution in [2.24, 2.45) is 0 Å². The van der Waals surface area contributed by atoms with Crippen molar-refractivity contribution in [3.05, 3.63) is 79.7 Å². The maximum atomic E-state index is 12.7. The molecule has 0 spiro atoms. The molecule has 4 rings (SSSR count). The monoisotopic (exact) mass is 398 g/mol. The first-order valence-electron chi connectivity index (χ1n) is 8.50. The van der Waals surface area contributed by atoms with Crippen LogP contribution in [0.15, 0.2) is 50.8 Å². The summed E-state index contributed by atoms with van der Waals surface area (Å²) >= 11 is 5.87. The Bertz CT molecular complexity index is 1260. The number of hydrogen-bond donors (Lipinski definition) is 0. The summed E-state index contributed by atoms with van der Waals surface area (Å²) in [6.45, 7) is 2.10. The van der Waals surface area contributed by atoms with E-state index in [1.807, 2.05) is 12.1 Å². The van der Waals surface area contributed by atoms with Crippen LogP contribution in [-0.2, 0) is 19.5 Å². The van der Waals surface area contributed by atoms with Gasteiger partial charge in [-0.05, 0) is 36.6 Å². The Kier molecular flexibility index (Phi) is 4.74. The summed E-state index contributed by atoms with van der Waals surface area (Å²) in [4.78, 5) is 28.9. The van der Waals surface area contributed by atoms with Gasteiger partial charge < -0.3 is 4.42 Å². The molecule has 0 bridgehead atoms. The van der Waals surface area contributed by atoms with E-state index in [4.69, 9.17) is 16.0 Å². The van der Waals surface area contributed by atoms with Crippen LogP contribution in [0.4, 0.5) is 0 Å². The fourth-order valence-electron chi connectivity index (χ4n) is 2.84. The third kappa shape index (κ3) is 3.56. The predicted molar refractivity (Wildman–Crippen MR) is 101 cm³/mol. The van der Waals surface area contributed by atoms with Crippen LogP contribution in [0.3, 0.4) is 0 Å². The van der Waals surface area contributed by atoms with Crippen molar-refractivity contribution in [3.63, 3.8) is 0 Å². The second-order valence-corrected chi connectivity index (χ2v) is 6.70. The Morgan fingerprint density at radius 2 is 1.96 bits per heavy atom. The third-order valence-corrected chi connectivity index (χ3v) is 4.55. The predicted octanol–water partition coefficient (Wildman–Crippen LogP) is 1.59. The van der Waals surface area contributed by atoms with Gasteiger partial charge in [-0.15, -0.1) is 10.2 Å². The molecule has 3 aromatic heterocycles. The Labute approximate surface area is 163 Å². The first-order valence-corrected chi connectivity index (χ1v) is 8.88. The van der Waals surface area contributed by atoms with Crippen molar-refractivity contribution in [1.82, 2.24) is 29.5 Å². The Morgan fingerprint density at radius 1 is 1.18 bits per heavy atom. The highest BCUT2D eigenvalue weighted by molar-refractivity contribution is 6.30. The van der Waals surface area contributed by atoms with E-state index in [-0.39, 0.29) is 23.6 Å². The fourth-order valence-corrected chi connectivity index (χ4v) is 2.96. The minimum atomic E-state index is -0.576. The number of halogens is 1. The summed E-state index contributed by atoms with van der Waals surface area (Å²) in [7, 11) is 0. The van der Waals surface area contributed by atoms with Crippen LogP contribution in [0.5, 0.6) is 0 Å². The Balaban J connectivity index is 1.56. The first kappa shape index (κ1) is 18.1. The second-order valence-electron chi connectivity index (χ2n) is 6.27. The number of fused-ring (bicyclic) bond motifs is 1. The molecule has 0 unspecified atom stereocenters. The van der Waals surface area contributed by atoms with E-state index in [1.165, 1.54) is 21.8 Å². The molecule has 0 atom stereocenters. The molecular weight excluding hydrogens is 384 g/mol. The molecule has 0 aliphatic carbocycles. The number of hydrogen-bond acceptors (Lipinski definition) is 7. The van der Waals surface area contributed by atoms with Crippen LogP contribution in [0.2, 0.25) is 5.02 Å². The van der Waals surface area contributed by atoms with Gasteiger partial charge in [-0.25, -0.2) is 9.78 Å². The standard InChI is InChI=1S/C18H15ClN6O3/c1-11-8-21-22-16-15(11)17(26)24(10-20-16)9-14-23-25(18(27)28-14)7-6-12-2-4-13(19)5-3-12/h2-5,8,10H,6-7,9H2,1H3. The lowest BCUT2D eigenvalue weighted by molar-refractivity contribution is 0.434. The molecule has 28 heavy (non-hydrogen) atoms. The summed E-state index contributed by atoms with van der Waals surface area (Å²) in [6.07, 6.45) is 3.44. The molecule has 0 saturated heterocycles. The van der Waals surface area contributed by atoms with E-state index < -0.39 is 5.76 Å². The zero-order chi connectivity index (χ0) is 19.7. The van der Waals surface area contributed by atoms with Gasteiger partial charge in [0.05, 0.1) is 18.1 Å². The van der Waals surface area contributed by atoms with E-state index in [1.54, 1.807) is 19.1 Å². The van der Waals surface area contributed by atoms with Gasteiger partial charge in [0.25, 0.3) is 5.56 Å². The summed E-state index contributed by atoms with van der Waals surface area (Å²) in [5, 5.41) is 12.8. The van der Waals surface area contributed by atoms with Crippen LogP contribution >= 0.6 is 11.6 Å². The molecule has 4 aromatic rings. The molecule has 0 fully saturated rings. The molecule has 9 nitrogen and oxygen atoms in total. The van der Waals surface area contributed by atoms with Crippen molar-refractivity contribution in [1.29, 1.82) is 0 Å². The van der Waals surface area contributed by atoms with Crippen LogP contribution in [0.1, 0.15) is 17.0 Å². The number of nitrogens with zero attached hydrogens (tertiary/aromatic N) is 6. The molecule has 0 amide bonds. The Hall–Kier alpha value is -3.33. The van der Waals surface area contributed by atoms with Gasteiger partial charge in [-0.2, -0.15) is 9.78 Å². The first-order chi connectivity index (χ1) is 13.5. The minimum absolute atomic E-state index is 0.00722. The number of aryl methyl sites for hydroxylation is 3. The molecule has 0 N–H and O–H groups in total. The highest BCUT2D eigenvalue weighted by atomic mass is 35.5. The van der Waals surface area contributed by atoms with Gasteiger partial charge >= 0.3 is 5.76 Å². The summed E-state index contributed by atoms with van der Waals surface area (Å²) in [6, 6.07) is 7.36. The van der Waals surface area contributed by atoms with Gasteiger partial charge in [0.15, 0.2) is 5.65 Å². The molecule has 3 heterocycles. The second kappa shape index (κ2) is 7.35. The van der Waals surface area contributed by atoms with Crippen LogP contribution in [0, 0.1) is 6.92 Å². The van der Waals surface area contributed by atoms with Gasteiger partial charge in [0, 0.05) is 5.02 Å². The maximum absolute atomic E-state index is 12.7. The summed E-state index contributed by atoms with van der Waals surface area (Å²) < 4.78 is 7.74. The van der Waals surface area contributed by atoms with Crippen LogP contribution in [-0.4, -0.2) is 29.5 Å². The minimum Gasteiger partial charge on any atom is -0.390 e. The SMILES string of the molecule is Cc1cnnc2ncn(Cc3nn(CCc4ccc(Cl)cc4)c(=O)o3)c(=O)c12. The van der Waals surface area contributed by atoms with Gasteiger partial charge in [0.1, 0.15) is 12.9 Å². The molecule has 10 heteroatoms. The largest absolute Gasteiger partial charge is 0.437 e. The van der Waals surface area contributed by atoms with Gasteiger partial charge in [-0.3, -0.25) is 9.36 Å². The van der Waals surface area contributed by atoms with Crippen molar-refractivity contribution < 1.29 is 4.42 Å². The zero-order valence-electron chi connectivity index (χ0n) is 14.9. The molecular formula is C18H15ClN6O3. The highest BCUT2D eigenvalue weighted by Crippen LogP contribution is 2.10. The van der Waals surface area contributed by atoms with E-state index >= 15 is 0 Å². The van der Waals surface area contributed by atoms with E-state index in [2.05, 4.69) is 20.3 Å². The Morgan fingerprint density at radius 3 is 2.75 bits per heavy atom. The number of rotatable bonds is 5. The van der Waals surface area contributed by atoms with Crippen molar-refractivity contribution in [2.45, 2.75) is 26.4 Å². The van der Waals surface area contributed by atoms with E-state index in [0.717, 1.165) is 5.56 Å². The molecule has 0 radical (unpaired) electrons. The number of aromatic nitrogens is 6. The molecule has 0 saturated carbocycles. The normalized spacial score (nSPS) is 11.2. The summed E-state index contributed by atoms with van der Waals surface area (Å²) in [5.41, 5.74) is 1.67. The molecule has 1 aromatic carbocycles. The molecule has 142 valence electrons. The average molecular weight is 399 g/mol. The summed E-state index contributed by atoms with van der Waals surface area (Å²) in [5.74, 6) is -0.447. The lowest BCUT2D eigenvalue weighted by atomic mass is 10.1. The van der Waals surface area contributed by atoms with E-state index in [0.29, 0.717) is 28.9 Å². The molecule has 0 aliphatic rings. The average Bonchev–Trinajstić information content (AvgIpc) is 3.03. The van der Waals surface area contributed by atoms with Crippen molar-refractivity contribution >= 4 is 22.6 Å². The van der Waals surface area contributed by atoms with Crippen LogP contribution < -0.4 is 11.3 Å². The van der Waals surface area contributed by atoms with Gasteiger partial charge in [-0.1, -0.05) is 23.7 Å². The lowest BCUT2D eigenvalue weighted by Gasteiger charge is -2.04. The fraction of sp³-hybridized carbons (Fsp3) is 0.222. The third-order valence-electron chi connectivity index (χ3n) is 4.30. The van der Waals surface area contributed by atoms with Crippen LogP contribution in [0.25, 0.3) is 11.0 Å². The number of benzene rings is 1.